The number of carbonyl (C=O) groups excluding carboxylic acids is 1. The minimum absolute atomic E-state index is 0.0638. The summed E-state index contributed by atoms with van der Waals surface area (Å²) in [5.74, 6) is -0.408. The smallest absolute Gasteiger partial charge is 0.255 e. The van der Waals surface area contributed by atoms with E-state index in [1.165, 1.54) is 18.2 Å². The summed E-state index contributed by atoms with van der Waals surface area (Å²) in [6.07, 6.45) is 1.05. The van der Waals surface area contributed by atoms with Crippen molar-refractivity contribution in [1.82, 2.24) is 0 Å². The number of benzene rings is 2. The molecule has 0 atom stereocenters. The van der Waals surface area contributed by atoms with E-state index in [4.69, 9.17) is 11.6 Å². The Labute approximate surface area is 136 Å². The van der Waals surface area contributed by atoms with Gasteiger partial charge in [-0.15, -0.1) is 0 Å². The maximum Gasteiger partial charge on any atom is 0.255 e. The van der Waals surface area contributed by atoms with E-state index in [9.17, 15) is 13.2 Å². The Balaban J connectivity index is 2.32. The molecule has 1 amide bonds. The number of hydrogen-bond donors (Lipinski definition) is 1. The van der Waals surface area contributed by atoms with E-state index in [0.29, 0.717) is 5.69 Å². The normalized spacial score (nSPS) is 11.2. The van der Waals surface area contributed by atoms with Crippen LogP contribution in [0.2, 0.25) is 5.02 Å². The zero-order valence-corrected chi connectivity index (χ0v) is 14.1. The minimum atomic E-state index is -3.49. The van der Waals surface area contributed by atoms with Crippen LogP contribution in [0.4, 0.5) is 5.69 Å². The minimum Gasteiger partial charge on any atom is -0.322 e. The van der Waals surface area contributed by atoms with Crippen molar-refractivity contribution >= 4 is 49.0 Å². The Morgan fingerprint density at radius 3 is 2.52 bits per heavy atom. The van der Waals surface area contributed by atoms with Gasteiger partial charge < -0.3 is 5.32 Å². The van der Waals surface area contributed by atoms with E-state index >= 15 is 0 Å². The first-order valence-electron chi connectivity index (χ1n) is 5.84. The first-order chi connectivity index (χ1) is 9.77. The Morgan fingerprint density at radius 2 is 1.90 bits per heavy atom. The number of hydrogen-bond acceptors (Lipinski definition) is 3. The summed E-state index contributed by atoms with van der Waals surface area (Å²) in [6, 6.07) is 11.2. The first-order valence-corrected chi connectivity index (χ1v) is 8.90. The monoisotopic (exact) mass is 387 g/mol. The zero-order valence-electron chi connectivity index (χ0n) is 10.9. The van der Waals surface area contributed by atoms with Gasteiger partial charge in [-0.1, -0.05) is 33.6 Å². The third-order valence-electron chi connectivity index (χ3n) is 2.68. The molecule has 0 saturated carbocycles. The van der Waals surface area contributed by atoms with Crippen molar-refractivity contribution < 1.29 is 13.2 Å². The molecule has 21 heavy (non-hydrogen) atoms. The average molecular weight is 389 g/mol. The summed E-state index contributed by atoms with van der Waals surface area (Å²) in [5.41, 5.74) is 0.824. The summed E-state index contributed by atoms with van der Waals surface area (Å²) in [7, 11) is -3.49. The lowest BCUT2D eigenvalue weighted by molar-refractivity contribution is 0.102. The highest BCUT2D eigenvalue weighted by Crippen LogP contribution is 2.23. The summed E-state index contributed by atoms with van der Waals surface area (Å²) in [4.78, 5) is 12.1. The second-order valence-electron chi connectivity index (χ2n) is 4.38. The Morgan fingerprint density at radius 1 is 1.19 bits per heavy atom. The summed E-state index contributed by atoms with van der Waals surface area (Å²) >= 11 is 9.16. The lowest BCUT2D eigenvalue weighted by Gasteiger charge is -2.08. The highest BCUT2D eigenvalue weighted by Gasteiger charge is 2.16. The molecule has 0 saturated heterocycles. The van der Waals surface area contributed by atoms with Gasteiger partial charge in [0.1, 0.15) is 0 Å². The number of sulfone groups is 1. The van der Waals surface area contributed by atoms with Crippen LogP contribution < -0.4 is 5.32 Å². The summed E-state index contributed by atoms with van der Waals surface area (Å²) < 4.78 is 24.0. The molecule has 110 valence electrons. The van der Waals surface area contributed by atoms with Crippen molar-refractivity contribution in [1.29, 1.82) is 0 Å². The van der Waals surface area contributed by atoms with Crippen LogP contribution in [0.15, 0.2) is 51.8 Å². The van der Waals surface area contributed by atoms with E-state index in [-0.39, 0.29) is 15.5 Å². The molecule has 0 bridgehead atoms. The molecule has 7 heteroatoms. The van der Waals surface area contributed by atoms with Gasteiger partial charge in [0.25, 0.3) is 5.91 Å². The molecule has 0 fully saturated rings. The van der Waals surface area contributed by atoms with E-state index in [1.807, 2.05) is 6.07 Å². The third-order valence-corrected chi connectivity index (χ3v) is 4.75. The van der Waals surface area contributed by atoms with Crippen molar-refractivity contribution in [3.05, 3.63) is 57.5 Å². The van der Waals surface area contributed by atoms with Gasteiger partial charge in [-0.2, -0.15) is 0 Å². The van der Waals surface area contributed by atoms with Crippen LogP contribution in [0.5, 0.6) is 0 Å². The average Bonchev–Trinajstić information content (AvgIpc) is 2.37. The molecule has 0 heterocycles. The molecule has 0 unspecified atom stereocenters. The summed E-state index contributed by atoms with van der Waals surface area (Å²) in [5, 5.41) is 2.78. The van der Waals surface area contributed by atoms with Crippen LogP contribution in [0, 0.1) is 0 Å². The van der Waals surface area contributed by atoms with Gasteiger partial charge in [-0.3, -0.25) is 4.79 Å². The van der Waals surface area contributed by atoms with Gasteiger partial charge in [0, 0.05) is 22.0 Å². The number of carbonyl (C=O) groups is 1. The fourth-order valence-electron chi connectivity index (χ4n) is 1.70. The molecule has 0 aliphatic heterocycles. The lowest BCUT2D eigenvalue weighted by atomic mass is 10.2. The third kappa shape index (κ3) is 4.06. The van der Waals surface area contributed by atoms with Crippen molar-refractivity contribution in [3.8, 4) is 0 Å². The summed E-state index contributed by atoms with van der Waals surface area (Å²) in [6.45, 7) is 0. The van der Waals surface area contributed by atoms with Crippen LogP contribution in [0.1, 0.15) is 10.4 Å². The van der Waals surface area contributed by atoms with Crippen molar-refractivity contribution in [2.45, 2.75) is 4.90 Å². The highest BCUT2D eigenvalue weighted by atomic mass is 79.9. The van der Waals surface area contributed by atoms with Gasteiger partial charge in [-0.25, -0.2) is 8.42 Å². The van der Waals surface area contributed by atoms with Crippen LogP contribution in [-0.4, -0.2) is 20.6 Å². The van der Waals surface area contributed by atoms with Crippen molar-refractivity contribution in [2.75, 3.05) is 11.6 Å². The van der Waals surface area contributed by atoms with Crippen LogP contribution >= 0.6 is 27.5 Å². The van der Waals surface area contributed by atoms with Gasteiger partial charge in [0.05, 0.1) is 9.92 Å². The Bertz CT molecular complexity index is 806. The fraction of sp³-hybridized carbons (Fsp3) is 0.0714. The van der Waals surface area contributed by atoms with Crippen molar-refractivity contribution in [2.24, 2.45) is 0 Å². The van der Waals surface area contributed by atoms with E-state index in [1.54, 1.807) is 18.2 Å². The molecule has 0 aliphatic rings. The standard InChI is InChI=1S/C14H11BrClNO3S/c1-21(19,20)13-7-9(5-6-12(13)16)14(18)17-11-4-2-3-10(15)8-11/h2-8H,1H3,(H,17,18). The number of halogens is 2. The second-order valence-corrected chi connectivity index (χ2v) is 7.69. The van der Waals surface area contributed by atoms with Gasteiger partial charge in [0.2, 0.25) is 0 Å². The fourth-order valence-corrected chi connectivity index (χ4v) is 3.40. The molecule has 0 radical (unpaired) electrons. The lowest BCUT2D eigenvalue weighted by Crippen LogP contribution is -2.13. The molecule has 0 aliphatic carbocycles. The molecular weight excluding hydrogens is 378 g/mol. The van der Waals surface area contributed by atoms with E-state index in [0.717, 1.165) is 10.7 Å². The highest BCUT2D eigenvalue weighted by molar-refractivity contribution is 9.10. The number of rotatable bonds is 3. The topological polar surface area (TPSA) is 63.2 Å². The van der Waals surface area contributed by atoms with Gasteiger partial charge in [-0.05, 0) is 36.4 Å². The zero-order chi connectivity index (χ0) is 15.6. The predicted octanol–water partition coefficient (Wildman–Crippen LogP) is 3.76. The van der Waals surface area contributed by atoms with E-state index < -0.39 is 15.7 Å². The second kappa shape index (κ2) is 6.17. The molecule has 4 nitrogen and oxygen atoms in total. The number of nitrogens with one attached hydrogen (secondary N) is 1. The molecule has 2 aromatic rings. The number of amides is 1. The maximum atomic E-state index is 12.2. The quantitative estimate of drug-likeness (QED) is 0.871. The Kier molecular flexibility index (Phi) is 4.70. The molecule has 2 rings (SSSR count). The van der Waals surface area contributed by atoms with Crippen molar-refractivity contribution in [3.63, 3.8) is 0 Å². The SMILES string of the molecule is CS(=O)(=O)c1cc(C(=O)Nc2cccc(Br)c2)ccc1Cl. The van der Waals surface area contributed by atoms with Crippen LogP contribution in [-0.2, 0) is 9.84 Å². The van der Waals surface area contributed by atoms with Crippen LogP contribution in [0.3, 0.4) is 0 Å². The first kappa shape index (κ1) is 16.0. The Hall–Kier alpha value is -1.37. The van der Waals surface area contributed by atoms with Gasteiger partial charge >= 0.3 is 0 Å². The molecule has 1 N–H and O–H groups in total. The molecular formula is C14H11BrClNO3S. The largest absolute Gasteiger partial charge is 0.322 e. The van der Waals surface area contributed by atoms with Crippen LogP contribution in [0.25, 0.3) is 0 Å². The van der Waals surface area contributed by atoms with Gasteiger partial charge in [0.15, 0.2) is 9.84 Å². The van der Waals surface area contributed by atoms with E-state index in [2.05, 4.69) is 21.2 Å². The molecule has 0 aromatic heterocycles. The molecule has 0 spiro atoms. The maximum absolute atomic E-state index is 12.2. The molecule has 2 aromatic carbocycles. The predicted molar refractivity (Wildman–Crippen MR) is 86.7 cm³/mol. The number of anilines is 1.